The van der Waals surface area contributed by atoms with Gasteiger partial charge in [0.2, 0.25) is 11.9 Å². The van der Waals surface area contributed by atoms with Crippen LogP contribution in [0.2, 0.25) is 0 Å². The number of aryl methyl sites for hydroxylation is 2. The summed E-state index contributed by atoms with van der Waals surface area (Å²) in [6.45, 7) is 1.77. The number of nitrogens with zero attached hydrogens (tertiary/aromatic N) is 3. The molecule has 2 aromatic heterocycles. The number of aromatic amines is 1. The van der Waals surface area contributed by atoms with Crippen molar-refractivity contribution in [2.24, 2.45) is 11.8 Å². The summed E-state index contributed by atoms with van der Waals surface area (Å²) in [5, 5.41) is 18.5. The number of carboxylic acid groups (broad SMARTS) is 1. The van der Waals surface area contributed by atoms with E-state index in [9.17, 15) is 19.5 Å². The molecule has 9 nitrogen and oxygen atoms in total. The maximum atomic E-state index is 12.8. The minimum Gasteiger partial charge on any atom is -0.550 e. The van der Waals surface area contributed by atoms with Crippen LogP contribution in [0.25, 0.3) is 5.95 Å². The Kier molecular flexibility index (Phi) is 4.74. The summed E-state index contributed by atoms with van der Waals surface area (Å²) < 4.78 is 1.39. The Morgan fingerprint density at radius 2 is 1.96 bits per heavy atom. The molecule has 9 heteroatoms. The van der Waals surface area contributed by atoms with Crippen LogP contribution < -0.4 is 16.0 Å². The number of nitrogens with one attached hydrogen (secondary N) is 2. The van der Waals surface area contributed by atoms with Crippen molar-refractivity contribution in [3.63, 3.8) is 0 Å². The molecule has 2 atom stereocenters. The minimum absolute atomic E-state index is 0.188. The molecule has 2 aliphatic carbocycles. The summed E-state index contributed by atoms with van der Waals surface area (Å²) in [6, 6.07) is 1.67. The lowest BCUT2D eigenvalue weighted by molar-refractivity contribution is -0.313. The number of anilines is 1. The summed E-state index contributed by atoms with van der Waals surface area (Å²) in [4.78, 5) is 43.8. The maximum absolute atomic E-state index is 12.8. The number of hydrogen-bond acceptors (Lipinski definition) is 6. The Hall–Kier alpha value is -2.97. The van der Waals surface area contributed by atoms with E-state index in [1.165, 1.54) is 4.68 Å². The SMILES string of the molecule is Cc1cc(NC(=O)[C@@H]2CCCC[C@H]2C(=O)[O-])n(-c2nc3c(c(=O)[nH]2)CCC3)n1. The van der Waals surface area contributed by atoms with Gasteiger partial charge in [0.1, 0.15) is 5.82 Å². The highest BCUT2D eigenvalue weighted by molar-refractivity contribution is 5.94. The fourth-order valence-electron chi connectivity index (χ4n) is 4.22. The van der Waals surface area contributed by atoms with Gasteiger partial charge in [-0.3, -0.25) is 14.6 Å². The summed E-state index contributed by atoms with van der Waals surface area (Å²) >= 11 is 0. The van der Waals surface area contributed by atoms with Crippen LogP contribution in [0, 0.1) is 18.8 Å². The first-order valence-corrected chi connectivity index (χ1v) is 9.65. The zero-order valence-electron chi connectivity index (χ0n) is 15.7. The number of fused-ring (bicyclic) bond motifs is 1. The largest absolute Gasteiger partial charge is 0.550 e. The first kappa shape index (κ1) is 18.4. The number of H-pyrrole nitrogens is 1. The number of aromatic nitrogens is 4. The molecular formula is C19H22N5O4-. The fourth-order valence-corrected chi connectivity index (χ4v) is 4.22. The quantitative estimate of drug-likeness (QED) is 0.776. The second kappa shape index (κ2) is 7.21. The third kappa shape index (κ3) is 3.32. The Labute approximate surface area is 161 Å². The van der Waals surface area contributed by atoms with Crippen LogP contribution in [0.3, 0.4) is 0 Å². The molecule has 0 aliphatic heterocycles. The van der Waals surface area contributed by atoms with Crippen molar-refractivity contribution < 1.29 is 14.7 Å². The lowest BCUT2D eigenvalue weighted by Gasteiger charge is -2.31. The smallest absolute Gasteiger partial charge is 0.255 e. The third-order valence-electron chi connectivity index (χ3n) is 5.62. The first-order valence-electron chi connectivity index (χ1n) is 9.65. The average Bonchev–Trinajstić information content (AvgIpc) is 3.28. The second-order valence-electron chi connectivity index (χ2n) is 7.56. The first-order chi connectivity index (χ1) is 13.4. The van der Waals surface area contributed by atoms with Gasteiger partial charge in [0.05, 0.1) is 11.4 Å². The summed E-state index contributed by atoms with van der Waals surface area (Å²) in [7, 11) is 0. The molecule has 0 radical (unpaired) electrons. The summed E-state index contributed by atoms with van der Waals surface area (Å²) in [5.74, 6) is -2.40. The molecule has 148 valence electrons. The van der Waals surface area contributed by atoms with Crippen molar-refractivity contribution in [3.05, 3.63) is 33.4 Å². The van der Waals surface area contributed by atoms with Crippen LogP contribution in [0.1, 0.15) is 49.1 Å². The van der Waals surface area contributed by atoms with E-state index in [1.54, 1.807) is 13.0 Å². The number of carbonyl (C=O) groups excluding carboxylic acids is 2. The zero-order valence-corrected chi connectivity index (χ0v) is 15.7. The highest BCUT2D eigenvalue weighted by atomic mass is 16.4. The molecule has 28 heavy (non-hydrogen) atoms. The van der Waals surface area contributed by atoms with E-state index >= 15 is 0 Å². The van der Waals surface area contributed by atoms with Gasteiger partial charge < -0.3 is 15.2 Å². The lowest BCUT2D eigenvalue weighted by Crippen LogP contribution is -2.42. The maximum Gasteiger partial charge on any atom is 0.255 e. The Morgan fingerprint density at radius 1 is 1.21 bits per heavy atom. The summed E-state index contributed by atoms with van der Waals surface area (Å²) in [5.41, 5.74) is 1.91. The Bertz CT molecular complexity index is 993. The van der Waals surface area contributed by atoms with Crippen LogP contribution in [0.15, 0.2) is 10.9 Å². The van der Waals surface area contributed by atoms with Gasteiger partial charge in [-0.1, -0.05) is 12.8 Å². The zero-order chi connectivity index (χ0) is 19.8. The Morgan fingerprint density at radius 3 is 2.71 bits per heavy atom. The normalized spacial score (nSPS) is 21.3. The highest BCUT2D eigenvalue weighted by Crippen LogP contribution is 2.31. The number of rotatable bonds is 4. The molecule has 2 N–H and O–H groups in total. The van der Waals surface area contributed by atoms with Crippen molar-refractivity contribution in [2.75, 3.05) is 5.32 Å². The van der Waals surface area contributed by atoms with Crippen molar-refractivity contribution >= 4 is 17.7 Å². The van der Waals surface area contributed by atoms with E-state index in [0.717, 1.165) is 31.4 Å². The monoisotopic (exact) mass is 384 g/mol. The van der Waals surface area contributed by atoms with E-state index in [4.69, 9.17) is 0 Å². The van der Waals surface area contributed by atoms with Gasteiger partial charge in [-0.05, 0) is 39.0 Å². The molecule has 0 spiro atoms. The van der Waals surface area contributed by atoms with E-state index < -0.39 is 17.8 Å². The number of carboxylic acids is 1. The molecule has 2 aromatic rings. The standard InChI is InChI=1S/C19H23N5O4/c1-10-9-15(21-16(25)11-5-2-3-6-12(11)18(27)28)24(23-10)19-20-14-8-4-7-13(14)17(26)22-19/h9,11-12H,2-8H2,1H3,(H,21,25)(H,27,28)(H,20,22,26)/p-1/t11-,12-/m1/s1. The molecular weight excluding hydrogens is 362 g/mol. The highest BCUT2D eigenvalue weighted by Gasteiger charge is 2.32. The molecule has 0 saturated heterocycles. The van der Waals surface area contributed by atoms with Crippen LogP contribution >= 0.6 is 0 Å². The van der Waals surface area contributed by atoms with E-state index in [-0.39, 0.29) is 17.4 Å². The number of aliphatic carboxylic acids is 1. The van der Waals surface area contributed by atoms with Crippen molar-refractivity contribution in [1.29, 1.82) is 0 Å². The van der Waals surface area contributed by atoms with Gasteiger partial charge in [0, 0.05) is 29.4 Å². The Balaban J connectivity index is 1.64. The summed E-state index contributed by atoms with van der Waals surface area (Å²) in [6.07, 6.45) is 4.88. The van der Waals surface area contributed by atoms with Crippen LogP contribution in [0.5, 0.6) is 0 Å². The molecule has 2 aliphatic rings. The number of amides is 1. The molecule has 1 amide bonds. The van der Waals surface area contributed by atoms with E-state index in [1.807, 2.05) is 0 Å². The fraction of sp³-hybridized carbons (Fsp3) is 0.526. The van der Waals surface area contributed by atoms with Crippen LogP contribution in [0.4, 0.5) is 5.82 Å². The molecule has 0 aromatic carbocycles. The van der Waals surface area contributed by atoms with Gasteiger partial charge in [-0.25, -0.2) is 4.98 Å². The molecule has 0 bridgehead atoms. The van der Waals surface area contributed by atoms with Crippen molar-refractivity contribution in [2.45, 2.75) is 51.9 Å². The molecule has 2 heterocycles. The predicted octanol–water partition coefficient (Wildman–Crippen LogP) is 0.248. The molecule has 1 fully saturated rings. The van der Waals surface area contributed by atoms with Crippen molar-refractivity contribution in [1.82, 2.24) is 19.7 Å². The van der Waals surface area contributed by atoms with Gasteiger partial charge >= 0.3 is 0 Å². The van der Waals surface area contributed by atoms with Crippen LogP contribution in [-0.2, 0) is 22.4 Å². The van der Waals surface area contributed by atoms with E-state index in [0.29, 0.717) is 36.3 Å². The molecule has 0 unspecified atom stereocenters. The van der Waals surface area contributed by atoms with Gasteiger partial charge in [0.15, 0.2) is 0 Å². The number of carbonyl (C=O) groups is 2. The lowest BCUT2D eigenvalue weighted by atomic mass is 9.79. The third-order valence-corrected chi connectivity index (χ3v) is 5.62. The van der Waals surface area contributed by atoms with Gasteiger partial charge in [-0.2, -0.15) is 9.78 Å². The molecule has 1 saturated carbocycles. The second-order valence-corrected chi connectivity index (χ2v) is 7.56. The number of hydrogen-bond donors (Lipinski definition) is 2. The van der Waals surface area contributed by atoms with Crippen LogP contribution in [-0.4, -0.2) is 31.6 Å². The van der Waals surface area contributed by atoms with Gasteiger partial charge in [0.25, 0.3) is 5.56 Å². The van der Waals surface area contributed by atoms with E-state index in [2.05, 4.69) is 20.4 Å². The minimum atomic E-state index is -1.19. The van der Waals surface area contributed by atoms with Crippen molar-refractivity contribution in [3.8, 4) is 5.95 Å². The average molecular weight is 384 g/mol. The van der Waals surface area contributed by atoms with Gasteiger partial charge in [-0.15, -0.1) is 0 Å². The topological polar surface area (TPSA) is 133 Å². The predicted molar refractivity (Wildman–Crippen MR) is 97.8 cm³/mol. The molecule has 4 rings (SSSR count).